The van der Waals surface area contributed by atoms with Crippen molar-refractivity contribution in [1.82, 2.24) is 9.22 Å². The molecule has 0 aliphatic rings. The van der Waals surface area contributed by atoms with Crippen LogP contribution in [0.15, 0.2) is 24.5 Å². The van der Waals surface area contributed by atoms with Crippen molar-refractivity contribution < 1.29 is 9.53 Å². The van der Waals surface area contributed by atoms with Crippen molar-refractivity contribution in [3.63, 3.8) is 0 Å². The van der Waals surface area contributed by atoms with Gasteiger partial charge in [-0.1, -0.05) is 40.8 Å². The molecule has 24 heavy (non-hydrogen) atoms. The Morgan fingerprint density at radius 2 is 2.00 bits per heavy atom. The summed E-state index contributed by atoms with van der Waals surface area (Å²) in [5, 5.41) is 1.25. The first-order valence-electron chi connectivity index (χ1n) is 8.78. The number of hydrogen-bond acceptors (Lipinski definition) is 3. The Balaban J connectivity index is 2.68. The smallest absolute Gasteiger partial charge is 0.313 e. The Kier molecular flexibility index (Phi) is 5.23. The first kappa shape index (κ1) is 18.7. The lowest BCUT2D eigenvalue weighted by Gasteiger charge is -2.38. The molecular formula is C19H30N2O2Si. The fraction of sp³-hybridized carbons (Fsp3) is 0.579. The molecule has 0 saturated carbocycles. The molecule has 2 rings (SSSR count). The Hall–Kier alpha value is -1.62. The van der Waals surface area contributed by atoms with Gasteiger partial charge in [-0.15, -0.1) is 0 Å². The van der Waals surface area contributed by atoms with E-state index in [0.717, 1.165) is 23.0 Å². The average molecular weight is 347 g/mol. The third kappa shape index (κ3) is 3.14. The first-order chi connectivity index (χ1) is 11.1. The Morgan fingerprint density at radius 3 is 2.54 bits per heavy atom. The molecule has 0 spiro atoms. The van der Waals surface area contributed by atoms with E-state index in [2.05, 4.69) is 55.3 Å². The van der Waals surface area contributed by atoms with Crippen molar-refractivity contribution in [2.75, 3.05) is 6.61 Å². The molecule has 2 heterocycles. The maximum Gasteiger partial charge on any atom is 0.313 e. The zero-order valence-electron chi connectivity index (χ0n) is 16.0. The molecule has 0 amide bonds. The van der Waals surface area contributed by atoms with Crippen molar-refractivity contribution in [1.29, 1.82) is 0 Å². The van der Waals surface area contributed by atoms with Crippen LogP contribution < -0.4 is 0 Å². The number of fused-ring (bicyclic) bond motifs is 1. The quantitative estimate of drug-likeness (QED) is 0.568. The fourth-order valence-corrected chi connectivity index (χ4v) is 4.80. The summed E-state index contributed by atoms with van der Waals surface area (Å²) < 4.78 is 7.66. The van der Waals surface area contributed by atoms with Gasteiger partial charge in [-0.3, -0.25) is 4.79 Å². The summed E-state index contributed by atoms with van der Waals surface area (Å²) >= 11 is 0. The molecule has 0 aromatic carbocycles. The summed E-state index contributed by atoms with van der Waals surface area (Å²) in [7, 11) is -1.83. The minimum atomic E-state index is -1.83. The Labute approximate surface area is 146 Å². The highest BCUT2D eigenvalue weighted by Crippen LogP contribution is 2.40. The molecule has 2 aromatic heterocycles. The van der Waals surface area contributed by atoms with Crippen molar-refractivity contribution in [3.05, 3.63) is 30.1 Å². The van der Waals surface area contributed by atoms with Gasteiger partial charge >= 0.3 is 5.97 Å². The third-order valence-electron chi connectivity index (χ3n) is 5.39. The highest BCUT2D eigenvalue weighted by Gasteiger charge is 2.39. The molecular weight excluding hydrogens is 316 g/mol. The summed E-state index contributed by atoms with van der Waals surface area (Å²) in [6.07, 6.45) is 4.73. The minimum absolute atomic E-state index is 0.141. The average Bonchev–Trinajstić information content (AvgIpc) is 2.88. The molecule has 0 aliphatic heterocycles. The zero-order chi connectivity index (χ0) is 18.1. The predicted molar refractivity (Wildman–Crippen MR) is 102 cm³/mol. The summed E-state index contributed by atoms with van der Waals surface area (Å²) in [4.78, 5) is 17.1. The summed E-state index contributed by atoms with van der Waals surface area (Å²) in [5.74, 6) is -0.374. The van der Waals surface area contributed by atoms with E-state index in [1.807, 2.05) is 26.1 Å². The maximum atomic E-state index is 12.4. The lowest BCUT2D eigenvalue weighted by molar-refractivity contribution is -0.145. The summed E-state index contributed by atoms with van der Waals surface area (Å²) in [6.45, 7) is 15.9. The van der Waals surface area contributed by atoms with E-state index in [1.165, 1.54) is 0 Å². The molecule has 0 bridgehead atoms. The second-order valence-electron chi connectivity index (χ2n) is 7.85. The fourth-order valence-electron chi connectivity index (χ4n) is 2.91. The van der Waals surface area contributed by atoms with Gasteiger partial charge in [0, 0.05) is 17.8 Å². The standard InChI is InChI=1S/C19H30N2O2Si/c1-8-14(18(22)23-9-2)16-13-21(24(6,7)19(3,4)5)17-15(16)11-10-12-20-17/h10-14H,8-9H2,1-7H3. The molecule has 132 valence electrons. The summed E-state index contributed by atoms with van der Waals surface area (Å²) in [6, 6.07) is 4.02. The second-order valence-corrected chi connectivity index (χ2v) is 13.0. The highest BCUT2D eigenvalue weighted by molar-refractivity contribution is 6.79. The van der Waals surface area contributed by atoms with Crippen molar-refractivity contribution in [2.24, 2.45) is 0 Å². The lowest BCUT2D eigenvalue weighted by Crippen LogP contribution is -2.45. The van der Waals surface area contributed by atoms with Crippen LogP contribution in [0.4, 0.5) is 0 Å². The zero-order valence-corrected chi connectivity index (χ0v) is 17.0. The van der Waals surface area contributed by atoms with Gasteiger partial charge in [-0.25, -0.2) is 4.98 Å². The Bertz CT molecular complexity index is 729. The van der Waals surface area contributed by atoms with E-state index in [1.54, 1.807) is 0 Å². The molecule has 2 aromatic rings. The van der Waals surface area contributed by atoms with Gasteiger partial charge in [-0.2, -0.15) is 0 Å². The topological polar surface area (TPSA) is 44.1 Å². The molecule has 4 nitrogen and oxygen atoms in total. The minimum Gasteiger partial charge on any atom is -0.466 e. The monoisotopic (exact) mass is 346 g/mol. The molecule has 1 atom stereocenters. The van der Waals surface area contributed by atoms with Gasteiger partial charge < -0.3 is 8.97 Å². The van der Waals surface area contributed by atoms with E-state index < -0.39 is 8.24 Å². The van der Waals surface area contributed by atoms with Crippen molar-refractivity contribution in [3.8, 4) is 0 Å². The summed E-state index contributed by atoms with van der Waals surface area (Å²) in [5.41, 5.74) is 2.03. The van der Waals surface area contributed by atoms with E-state index >= 15 is 0 Å². The number of hydrogen-bond donors (Lipinski definition) is 0. The van der Waals surface area contributed by atoms with Crippen molar-refractivity contribution >= 4 is 25.2 Å². The van der Waals surface area contributed by atoms with Gasteiger partial charge in [0.1, 0.15) is 5.65 Å². The van der Waals surface area contributed by atoms with Gasteiger partial charge in [0.15, 0.2) is 8.24 Å². The number of pyridine rings is 1. The number of carbonyl (C=O) groups excluding carboxylic acids is 1. The van der Waals surface area contributed by atoms with Crippen LogP contribution in [0.25, 0.3) is 11.0 Å². The van der Waals surface area contributed by atoms with E-state index in [-0.39, 0.29) is 16.9 Å². The van der Waals surface area contributed by atoms with Crippen LogP contribution in [0.5, 0.6) is 0 Å². The number of aromatic nitrogens is 2. The number of carbonyl (C=O) groups is 1. The maximum absolute atomic E-state index is 12.4. The second kappa shape index (κ2) is 6.71. The van der Waals surface area contributed by atoms with Crippen LogP contribution in [0.3, 0.4) is 0 Å². The molecule has 0 aliphatic carbocycles. The van der Waals surface area contributed by atoms with E-state index in [9.17, 15) is 4.79 Å². The Morgan fingerprint density at radius 1 is 1.33 bits per heavy atom. The van der Waals surface area contributed by atoms with Crippen LogP contribution >= 0.6 is 0 Å². The first-order valence-corrected chi connectivity index (χ1v) is 11.7. The molecule has 0 radical (unpaired) electrons. The van der Waals surface area contributed by atoms with Gasteiger partial charge in [-0.05, 0) is 36.1 Å². The van der Waals surface area contributed by atoms with E-state index in [0.29, 0.717) is 6.61 Å². The van der Waals surface area contributed by atoms with Crippen LogP contribution in [-0.4, -0.2) is 30.0 Å². The van der Waals surface area contributed by atoms with E-state index in [4.69, 9.17) is 4.74 Å². The number of rotatable bonds is 5. The highest BCUT2D eigenvalue weighted by atomic mass is 28.3. The van der Waals surface area contributed by atoms with Gasteiger partial charge in [0.05, 0.1) is 12.5 Å². The largest absolute Gasteiger partial charge is 0.466 e. The van der Waals surface area contributed by atoms with Crippen molar-refractivity contribution in [2.45, 2.75) is 65.1 Å². The van der Waals surface area contributed by atoms with Crippen LogP contribution in [0.1, 0.15) is 52.5 Å². The third-order valence-corrected chi connectivity index (χ3v) is 10.6. The SMILES string of the molecule is CCOC(=O)C(CC)c1cn([Si](C)(C)C(C)(C)C)c2ncccc12. The number of ether oxygens (including phenoxy) is 1. The van der Waals surface area contributed by atoms with Crippen LogP contribution in [-0.2, 0) is 9.53 Å². The van der Waals surface area contributed by atoms with Gasteiger partial charge in [0.2, 0.25) is 0 Å². The molecule has 0 N–H and O–H groups in total. The van der Waals surface area contributed by atoms with Crippen LogP contribution in [0.2, 0.25) is 18.1 Å². The molecule has 1 unspecified atom stereocenters. The molecule has 0 saturated heterocycles. The number of esters is 1. The predicted octanol–water partition coefficient (Wildman–Crippen LogP) is 4.95. The lowest BCUT2D eigenvalue weighted by atomic mass is 9.97. The molecule has 5 heteroatoms. The molecule has 0 fully saturated rings. The van der Waals surface area contributed by atoms with Crippen LogP contribution in [0, 0.1) is 0 Å². The number of nitrogens with zero attached hydrogens (tertiary/aromatic N) is 2. The normalized spacial score (nSPS) is 14.0. The van der Waals surface area contributed by atoms with Gasteiger partial charge in [0.25, 0.3) is 0 Å².